The van der Waals surface area contributed by atoms with E-state index in [2.05, 4.69) is 44.9 Å². The summed E-state index contributed by atoms with van der Waals surface area (Å²) < 4.78 is 0. The highest BCUT2D eigenvalue weighted by atomic mass is 16.2. The lowest BCUT2D eigenvalue weighted by atomic mass is 10.0. The first kappa shape index (κ1) is 41.3. The first-order valence-electron chi connectivity index (χ1n) is 20.7. The SMILES string of the molecule is CN(C)C(=O)N[C@@H](C(=O)N1CC=CC1c1nc(-c2ccc(-c3ccc(-c4c[nH]c(C5CCCN5C(=O)[C@H](NC(=O)N(C)C)c5ccccc5)n4)cc3)cc2)c[nH]1)c1ccccc1. The summed E-state index contributed by atoms with van der Waals surface area (Å²) >= 11 is 0. The lowest BCUT2D eigenvalue weighted by Crippen LogP contribution is -2.45. The minimum absolute atomic E-state index is 0.166. The molecule has 6 amide bonds. The Bertz CT molecular complexity index is 2550. The fourth-order valence-corrected chi connectivity index (χ4v) is 7.96. The largest absolute Gasteiger partial charge is 0.346 e. The van der Waals surface area contributed by atoms with Gasteiger partial charge in [-0.15, -0.1) is 0 Å². The molecule has 14 nitrogen and oxygen atoms in total. The van der Waals surface area contributed by atoms with E-state index in [9.17, 15) is 19.2 Å². The van der Waals surface area contributed by atoms with E-state index in [0.717, 1.165) is 52.0 Å². The summed E-state index contributed by atoms with van der Waals surface area (Å²) in [7, 11) is 6.59. The smallest absolute Gasteiger partial charge is 0.317 e. The maximum absolute atomic E-state index is 14.1. The molecule has 1 saturated heterocycles. The average molecular weight is 831 g/mol. The number of benzene rings is 4. The predicted molar refractivity (Wildman–Crippen MR) is 237 cm³/mol. The summed E-state index contributed by atoms with van der Waals surface area (Å²) in [6, 6.07) is 31.9. The van der Waals surface area contributed by atoms with E-state index in [1.165, 1.54) is 9.80 Å². The number of amides is 6. The van der Waals surface area contributed by atoms with Crippen LogP contribution in [0.1, 0.15) is 59.8 Å². The highest BCUT2D eigenvalue weighted by molar-refractivity contribution is 5.89. The number of aromatic amines is 2. The number of carbonyl (C=O) groups is 4. The molecule has 0 bridgehead atoms. The van der Waals surface area contributed by atoms with Crippen LogP contribution in [0.2, 0.25) is 0 Å². The number of hydrogen-bond acceptors (Lipinski definition) is 6. The van der Waals surface area contributed by atoms with Gasteiger partial charge in [0.1, 0.15) is 29.8 Å². The number of carbonyl (C=O) groups excluding carboxylic acids is 4. The Hall–Kier alpha value is -7.48. The number of likely N-dealkylation sites (tertiary alicyclic amines) is 1. The predicted octanol–water partition coefficient (Wildman–Crippen LogP) is 7.26. The number of rotatable bonds is 11. The second-order valence-corrected chi connectivity index (χ2v) is 15.9. The van der Waals surface area contributed by atoms with E-state index in [-0.39, 0.29) is 29.9 Å². The molecule has 14 heteroatoms. The van der Waals surface area contributed by atoms with Crippen molar-refractivity contribution in [1.29, 1.82) is 0 Å². The first-order valence-corrected chi connectivity index (χ1v) is 20.7. The van der Waals surface area contributed by atoms with Crippen LogP contribution in [0.5, 0.6) is 0 Å². The molecule has 0 aliphatic carbocycles. The average Bonchev–Trinajstić information content (AvgIpc) is 4.15. The van der Waals surface area contributed by atoms with Crippen LogP contribution in [0.3, 0.4) is 0 Å². The highest BCUT2D eigenvalue weighted by Crippen LogP contribution is 2.35. The maximum Gasteiger partial charge on any atom is 0.317 e. The van der Waals surface area contributed by atoms with Crippen molar-refractivity contribution < 1.29 is 19.2 Å². The second kappa shape index (κ2) is 18.0. The molecule has 2 aliphatic rings. The van der Waals surface area contributed by atoms with Crippen molar-refractivity contribution in [2.24, 2.45) is 0 Å². The van der Waals surface area contributed by atoms with Crippen LogP contribution in [0.4, 0.5) is 9.59 Å². The van der Waals surface area contributed by atoms with E-state index < -0.39 is 18.1 Å². The van der Waals surface area contributed by atoms with E-state index in [0.29, 0.717) is 30.3 Å². The molecule has 2 aliphatic heterocycles. The van der Waals surface area contributed by atoms with Gasteiger partial charge in [0.15, 0.2) is 0 Å². The van der Waals surface area contributed by atoms with Gasteiger partial charge in [-0.2, -0.15) is 0 Å². The third-order valence-electron chi connectivity index (χ3n) is 11.4. The van der Waals surface area contributed by atoms with Gasteiger partial charge in [-0.1, -0.05) is 121 Å². The van der Waals surface area contributed by atoms with E-state index in [4.69, 9.17) is 9.97 Å². The van der Waals surface area contributed by atoms with Gasteiger partial charge < -0.3 is 40.2 Å². The van der Waals surface area contributed by atoms with Crippen LogP contribution in [-0.2, 0) is 9.59 Å². The lowest BCUT2D eigenvalue weighted by Gasteiger charge is -2.29. The van der Waals surface area contributed by atoms with Gasteiger partial charge in [0.25, 0.3) is 5.91 Å². The van der Waals surface area contributed by atoms with Crippen molar-refractivity contribution in [3.63, 3.8) is 0 Å². The summed E-state index contributed by atoms with van der Waals surface area (Å²) in [5.41, 5.74) is 6.90. The summed E-state index contributed by atoms with van der Waals surface area (Å²) in [5, 5.41) is 5.79. The Morgan fingerprint density at radius 1 is 0.613 bits per heavy atom. The fourth-order valence-electron chi connectivity index (χ4n) is 7.96. The number of nitrogens with zero attached hydrogens (tertiary/aromatic N) is 6. The molecule has 2 unspecified atom stereocenters. The Labute approximate surface area is 360 Å². The summed E-state index contributed by atoms with van der Waals surface area (Å²) in [6.07, 6.45) is 9.21. The van der Waals surface area contributed by atoms with Crippen LogP contribution in [0, 0.1) is 0 Å². The van der Waals surface area contributed by atoms with Gasteiger partial charge in [-0.05, 0) is 35.1 Å². The second-order valence-electron chi connectivity index (χ2n) is 15.9. The molecule has 6 aromatic rings. The molecule has 0 spiro atoms. The van der Waals surface area contributed by atoms with Crippen LogP contribution in [0.15, 0.2) is 134 Å². The molecule has 2 aromatic heterocycles. The molecule has 4 N–H and O–H groups in total. The highest BCUT2D eigenvalue weighted by Gasteiger charge is 2.38. The molecule has 0 radical (unpaired) electrons. The number of urea groups is 2. The molecule has 0 saturated carbocycles. The first-order chi connectivity index (χ1) is 30.0. The molecule has 4 atom stereocenters. The van der Waals surface area contributed by atoms with Crippen molar-refractivity contribution in [1.82, 2.24) is 50.2 Å². The number of aromatic nitrogens is 4. The van der Waals surface area contributed by atoms with Crippen LogP contribution in [0.25, 0.3) is 33.6 Å². The van der Waals surface area contributed by atoms with Gasteiger partial charge in [-0.25, -0.2) is 19.6 Å². The van der Waals surface area contributed by atoms with E-state index in [1.807, 2.05) is 114 Å². The van der Waals surface area contributed by atoms with Gasteiger partial charge >= 0.3 is 12.1 Å². The molecule has 62 heavy (non-hydrogen) atoms. The number of H-pyrrole nitrogens is 2. The van der Waals surface area contributed by atoms with Gasteiger partial charge in [0.05, 0.1) is 17.4 Å². The molecular weight excluding hydrogens is 781 g/mol. The van der Waals surface area contributed by atoms with Crippen LogP contribution >= 0.6 is 0 Å². The fraction of sp³-hybridized carbons (Fsp3) is 0.250. The lowest BCUT2D eigenvalue weighted by molar-refractivity contribution is -0.135. The normalized spacial score (nSPS) is 16.8. The van der Waals surface area contributed by atoms with Crippen molar-refractivity contribution in [3.8, 4) is 33.6 Å². The molecule has 1 fully saturated rings. The summed E-state index contributed by atoms with van der Waals surface area (Å²) in [6.45, 7) is 0.965. The van der Waals surface area contributed by atoms with Crippen LogP contribution in [-0.4, -0.2) is 105 Å². The van der Waals surface area contributed by atoms with E-state index >= 15 is 0 Å². The maximum atomic E-state index is 14.1. The molecule has 4 heterocycles. The number of hydrogen-bond donors (Lipinski definition) is 4. The minimum Gasteiger partial charge on any atom is -0.346 e. The minimum atomic E-state index is -0.856. The quantitative estimate of drug-likeness (QED) is 0.101. The number of nitrogens with one attached hydrogen (secondary N) is 4. The topological polar surface area (TPSA) is 163 Å². The van der Waals surface area contributed by atoms with Crippen LogP contribution < -0.4 is 10.6 Å². The Balaban J connectivity index is 0.930. The molecule has 316 valence electrons. The van der Waals surface area contributed by atoms with Gasteiger partial charge in [-0.3, -0.25) is 9.59 Å². The van der Waals surface area contributed by atoms with Gasteiger partial charge in [0, 0.05) is 64.8 Å². The van der Waals surface area contributed by atoms with Crippen molar-refractivity contribution in [2.75, 3.05) is 41.3 Å². The Kier molecular flexibility index (Phi) is 12.0. The third kappa shape index (κ3) is 8.71. The Morgan fingerprint density at radius 3 is 1.56 bits per heavy atom. The molecule has 8 rings (SSSR count). The third-order valence-corrected chi connectivity index (χ3v) is 11.4. The monoisotopic (exact) mass is 830 g/mol. The zero-order chi connectivity index (χ0) is 43.3. The Morgan fingerprint density at radius 2 is 1.06 bits per heavy atom. The molecule has 4 aromatic carbocycles. The molecular formula is C48H50N10O4. The summed E-state index contributed by atoms with van der Waals surface area (Å²) in [5.74, 6) is 0.952. The summed E-state index contributed by atoms with van der Waals surface area (Å²) in [4.78, 5) is 76.3. The zero-order valence-corrected chi connectivity index (χ0v) is 35.2. The standard InChI is InChI=1S/C48H50N10O4/c1-55(2)47(61)53-41(35-13-7-5-8-14-35)45(59)57-27-11-17-39(57)43-49-29-37(51-43)33-23-19-31(20-24-33)32-21-25-34(26-22-32)38-30-50-44(52-38)40-18-12-28-58(40)46(60)42(54-48(62)56(3)4)36-15-9-6-10-16-36/h5-11,13-17,19-26,29-30,39-42H,12,18,27-28H2,1-4H3,(H,49,51)(H,50,52)(H,53,61)(H,54,62)/t39?,40?,41-,42-/m1/s1. The van der Waals surface area contributed by atoms with Gasteiger partial charge in [0.2, 0.25) is 5.91 Å². The van der Waals surface area contributed by atoms with Crippen molar-refractivity contribution in [2.45, 2.75) is 37.0 Å². The van der Waals surface area contributed by atoms with Crippen molar-refractivity contribution >= 4 is 23.9 Å². The number of imidazole rings is 2. The zero-order valence-electron chi connectivity index (χ0n) is 35.2. The van der Waals surface area contributed by atoms with E-state index in [1.54, 1.807) is 33.1 Å². The van der Waals surface area contributed by atoms with Crippen molar-refractivity contribution in [3.05, 3.63) is 157 Å².